The van der Waals surface area contributed by atoms with Crippen LogP contribution in [0.1, 0.15) is 6.42 Å². The van der Waals surface area contributed by atoms with Crippen LogP contribution in [0.15, 0.2) is 0 Å². The van der Waals surface area contributed by atoms with Gasteiger partial charge in [-0.15, -0.1) is 0 Å². The van der Waals surface area contributed by atoms with Crippen LogP contribution in [0.25, 0.3) is 0 Å². The second kappa shape index (κ2) is 5.44. The molecular formula is C5H13NO5S. The van der Waals surface area contributed by atoms with Crippen molar-refractivity contribution >= 4 is 10.1 Å². The molecule has 0 aliphatic rings. The SMILES string of the molecule is O=S(=O)(O)CCCN(CO)CO. The fourth-order valence-corrected chi connectivity index (χ4v) is 1.15. The Balaban J connectivity index is 3.55. The Morgan fingerprint density at radius 1 is 1.17 bits per heavy atom. The smallest absolute Gasteiger partial charge is 0.264 e. The fraction of sp³-hybridized carbons (Fsp3) is 1.00. The van der Waals surface area contributed by atoms with Crippen LogP contribution in [0.5, 0.6) is 0 Å². The molecule has 0 aromatic carbocycles. The average molecular weight is 199 g/mol. The van der Waals surface area contributed by atoms with Gasteiger partial charge in [-0.2, -0.15) is 8.42 Å². The normalized spacial score (nSPS) is 12.3. The molecule has 12 heavy (non-hydrogen) atoms. The molecule has 6 nitrogen and oxygen atoms in total. The third-order valence-electron chi connectivity index (χ3n) is 1.28. The highest BCUT2D eigenvalue weighted by molar-refractivity contribution is 7.85. The lowest BCUT2D eigenvalue weighted by atomic mass is 10.4. The quantitative estimate of drug-likeness (QED) is 0.354. The Morgan fingerprint density at radius 2 is 1.67 bits per heavy atom. The number of rotatable bonds is 6. The molecule has 0 aliphatic carbocycles. The van der Waals surface area contributed by atoms with Crippen molar-refractivity contribution in [3.05, 3.63) is 0 Å². The van der Waals surface area contributed by atoms with E-state index in [1.165, 1.54) is 4.90 Å². The van der Waals surface area contributed by atoms with Gasteiger partial charge >= 0.3 is 0 Å². The van der Waals surface area contributed by atoms with Gasteiger partial charge in [0.15, 0.2) is 0 Å². The third kappa shape index (κ3) is 6.50. The number of hydrogen-bond acceptors (Lipinski definition) is 5. The molecule has 74 valence electrons. The summed E-state index contributed by atoms with van der Waals surface area (Å²) in [4.78, 5) is 1.23. The van der Waals surface area contributed by atoms with Gasteiger partial charge in [-0.05, 0) is 6.42 Å². The van der Waals surface area contributed by atoms with Crippen LogP contribution in [-0.4, -0.2) is 53.8 Å². The largest absolute Gasteiger partial charge is 0.381 e. The molecule has 0 saturated carbocycles. The third-order valence-corrected chi connectivity index (χ3v) is 2.08. The molecule has 3 N–H and O–H groups in total. The lowest BCUT2D eigenvalue weighted by Gasteiger charge is -2.14. The summed E-state index contributed by atoms with van der Waals surface area (Å²) in [5, 5.41) is 17.0. The fourth-order valence-electron chi connectivity index (χ4n) is 0.657. The van der Waals surface area contributed by atoms with Crippen LogP contribution in [0.3, 0.4) is 0 Å². The van der Waals surface area contributed by atoms with Gasteiger partial charge < -0.3 is 10.2 Å². The number of aliphatic hydroxyl groups is 2. The maximum absolute atomic E-state index is 10.2. The molecule has 0 spiro atoms. The van der Waals surface area contributed by atoms with E-state index in [0.29, 0.717) is 0 Å². The highest BCUT2D eigenvalue weighted by Gasteiger charge is 2.06. The molecule has 0 bridgehead atoms. The minimum Gasteiger partial charge on any atom is -0.381 e. The Hall–Kier alpha value is -0.210. The van der Waals surface area contributed by atoms with Gasteiger partial charge in [0.25, 0.3) is 10.1 Å². The van der Waals surface area contributed by atoms with Crippen molar-refractivity contribution in [2.75, 3.05) is 25.8 Å². The van der Waals surface area contributed by atoms with E-state index in [0.717, 1.165) is 0 Å². The topological polar surface area (TPSA) is 98.1 Å². The van der Waals surface area contributed by atoms with Crippen LogP contribution in [-0.2, 0) is 10.1 Å². The molecule has 0 aromatic rings. The lowest BCUT2D eigenvalue weighted by Crippen LogP contribution is -2.28. The highest BCUT2D eigenvalue weighted by atomic mass is 32.2. The van der Waals surface area contributed by atoms with Crippen LogP contribution >= 0.6 is 0 Å². The van der Waals surface area contributed by atoms with Crippen molar-refractivity contribution in [2.45, 2.75) is 6.42 Å². The second-order valence-corrected chi connectivity index (χ2v) is 3.89. The molecule has 0 aromatic heterocycles. The van der Waals surface area contributed by atoms with E-state index in [9.17, 15) is 8.42 Å². The van der Waals surface area contributed by atoms with Crippen molar-refractivity contribution in [3.63, 3.8) is 0 Å². The summed E-state index contributed by atoms with van der Waals surface area (Å²) in [5.74, 6) is -0.358. The average Bonchev–Trinajstić information content (AvgIpc) is 1.96. The number of aliphatic hydroxyl groups excluding tert-OH is 2. The monoisotopic (exact) mass is 199 g/mol. The first-order chi connectivity index (χ1) is 5.49. The maximum atomic E-state index is 10.2. The zero-order valence-corrected chi connectivity index (χ0v) is 7.37. The van der Waals surface area contributed by atoms with Crippen LogP contribution in [0.4, 0.5) is 0 Å². The number of hydrogen-bond donors (Lipinski definition) is 3. The molecule has 0 rings (SSSR count). The van der Waals surface area contributed by atoms with E-state index in [4.69, 9.17) is 14.8 Å². The molecule has 0 fully saturated rings. The lowest BCUT2D eigenvalue weighted by molar-refractivity contribution is 0.0299. The van der Waals surface area contributed by atoms with Crippen molar-refractivity contribution in [1.29, 1.82) is 0 Å². The van der Waals surface area contributed by atoms with Gasteiger partial charge in [-0.3, -0.25) is 9.45 Å². The number of nitrogens with zero attached hydrogens (tertiary/aromatic N) is 1. The van der Waals surface area contributed by atoms with Gasteiger partial charge in [0.1, 0.15) is 0 Å². The standard InChI is InChI=1S/C5H13NO5S/c7-4-6(5-8)2-1-3-12(9,10)11/h7-8H,1-5H2,(H,9,10,11). The van der Waals surface area contributed by atoms with E-state index in [-0.39, 0.29) is 32.2 Å². The predicted octanol–water partition coefficient (Wildman–Crippen LogP) is -1.53. The summed E-state index contributed by atoms with van der Waals surface area (Å²) in [6.07, 6.45) is 0.181. The van der Waals surface area contributed by atoms with Gasteiger partial charge in [-0.25, -0.2) is 0 Å². The van der Waals surface area contributed by atoms with Crippen LogP contribution < -0.4 is 0 Å². The van der Waals surface area contributed by atoms with Gasteiger partial charge in [-0.1, -0.05) is 0 Å². The van der Waals surface area contributed by atoms with Crippen LogP contribution in [0.2, 0.25) is 0 Å². The van der Waals surface area contributed by atoms with Crippen LogP contribution in [0, 0.1) is 0 Å². The summed E-state index contributed by atoms with van der Waals surface area (Å²) in [7, 11) is -3.93. The van der Waals surface area contributed by atoms with Crippen molar-refractivity contribution in [3.8, 4) is 0 Å². The summed E-state index contributed by atoms with van der Waals surface area (Å²) in [6, 6.07) is 0. The highest BCUT2D eigenvalue weighted by Crippen LogP contribution is 1.92. The summed E-state index contributed by atoms with van der Waals surface area (Å²) in [5.41, 5.74) is 0. The molecule has 0 heterocycles. The molecule has 0 atom stereocenters. The Labute approximate surface area is 71.2 Å². The second-order valence-electron chi connectivity index (χ2n) is 2.32. The molecule has 0 radical (unpaired) electrons. The molecule has 0 amide bonds. The first kappa shape index (κ1) is 11.8. The van der Waals surface area contributed by atoms with E-state index in [1.807, 2.05) is 0 Å². The first-order valence-corrected chi connectivity index (χ1v) is 4.99. The molecule has 0 aliphatic heterocycles. The van der Waals surface area contributed by atoms with Gasteiger partial charge in [0, 0.05) is 6.54 Å². The molecule has 0 unspecified atom stereocenters. The van der Waals surface area contributed by atoms with Crippen molar-refractivity contribution < 1.29 is 23.2 Å². The summed E-state index contributed by atoms with van der Waals surface area (Å²) < 4.78 is 28.7. The Kier molecular flexibility index (Phi) is 5.34. The van der Waals surface area contributed by atoms with Crippen molar-refractivity contribution in [1.82, 2.24) is 4.90 Å². The van der Waals surface area contributed by atoms with Gasteiger partial charge in [0.05, 0.1) is 19.2 Å². The van der Waals surface area contributed by atoms with E-state index in [1.54, 1.807) is 0 Å². The summed E-state index contributed by atoms with van der Waals surface area (Å²) in [6.45, 7) is -0.434. The summed E-state index contributed by atoms with van der Waals surface area (Å²) >= 11 is 0. The predicted molar refractivity (Wildman–Crippen MR) is 41.9 cm³/mol. The van der Waals surface area contributed by atoms with E-state index >= 15 is 0 Å². The molecular weight excluding hydrogens is 186 g/mol. The minimum atomic E-state index is -3.93. The van der Waals surface area contributed by atoms with Gasteiger partial charge in [0.2, 0.25) is 0 Å². The zero-order valence-electron chi connectivity index (χ0n) is 6.55. The molecule has 0 saturated heterocycles. The Morgan fingerprint density at radius 3 is 2.00 bits per heavy atom. The first-order valence-electron chi connectivity index (χ1n) is 3.39. The molecule has 7 heteroatoms. The zero-order chi connectivity index (χ0) is 9.61. The minimum absolute atomic E-state index is 0.181. The Bertz CT molecular complexity index is 198. The van der Waals surface area contributed by atoms with Crippen molar-refractivity contribution in [2.24, 2.45) is 0 Å². The maximum Gasteiger partial charge on any atom is 0.264 e. The van der Waals surface area contributed by atoms with E-state index in [2.05, 4.69) is 0 Å². The van der Waals surface area contributed by atoms with E-state index < -0.39 is 10.1 Å².